The molecule has 0 heterocycles. The van der Waals surface area contributed by atoms with Crippen LogP contribution >= 0.6 is 0 Å². The number of carbonyl (C=O) groups excluding carboxylic acids is 1. The van der Waals surface area contributed by atoms with Crippen molar-refractivity contribution in [2.45, 2.75) is 53.1 Å². The van der Waals surface area contributed by atoms with E-state index in [0.717, 1.165) is 18.4 Å². The smallest absolute Gasteiger partial charge is 0.339 e. The van der Waals surface area contributed by atoms with Crippen LogP contribution in [0, 0.1) is 5.92 Å². The highest BCUT2D eigenvalue weighted by Crippen LogP contribution is 2.23. The molecule has 2 heteroatoms. The average Bonchev–Trinajstić information content (AvgIpc) is 2.47. The number of ether oxygens (including phenoxy) is 1. The van der Waals surface area contributed by atoms with Crippen molar-refractivity contribution in [1.29, 1.82) is 0 Å². The summed E-state index contributed by atoms with van der Waals surface area (Å²) in [5.74, 6) is 0.164. The lowest BCUT2D eigenvalue weighted by Gasteiger charge is -2.21. The molecule has 0 aromatic rings. The number of rotatable bonds is 9. The minimum Gasteiger partial charge on any atom is -0.456 e. The van der Waals surface area contributed by atoms with Crippen LogP contribution in [0.3, 0.4) is 0 Å². The van der Waals surface area contributed by atoms with Crippen LogP contribution in [0.5, 0.6) is 0 Å². The average molecular weight is 328 g/mol. The SMILES string of the molecule is C=C/C=C(\C(=C)C(=C)/C=C\C(=C)CC(C)CC)C(=O)OC(C)(C)C. The van der Waals surface area contributed by atoms with E-state index >= 15 is 0 Å². The van der Waals surface area contributed by atoms with Crippen molar-refractivity contribution in [3.63, 3.8) is 0 Å². The quantitative estimate of drug-likeness (QED) is 0.290. The maximum absolute atomic E-state index is 12.3. The summed E-state index contributed by atoms with van der Waals surface area (Å²) in [4.78, 5) is 12.3. The number of allylic oxidation sites excluding steroid dienone is 6. The van der Waals surface area contributed by atoms with Gasteiger partial charge in [-0.15, -0.1) is 0 Å². The third-order valence-electron chi connectivity index (χ3n) is 3.44. The molecule has 0 fully saturated rings. The highest BCUT2D eigenvalue weighted by atomic mass is 16.6. The van der Waals surface area contributed by atoms with Gasteiger partial charge in [-0.3, -0.25) is 0 Å². The highest BCUT2D eigenvalue weighted by Gasteiger charge is 2.21. The molecule has 0 radical (unpaired) electrons. The van der Waals surface area contributed by atoms with Gasteiger partial charge in [0.15, 0.2) is 0 Å². The Hall–Kier alpha value is -2.09. The lowest BCUT2D eigenvalue weighted by molar-refractivity contribution is -0.149. The van der Waals surface area contributed by atoms with Crippen molar-refractivity contribution >= 4 is 5.97 Å². The summed E-state index contributed by atoms with van der Waals surface area (Å²) in [6, 6.07) is 0. The zero-order valence-electron chi connectivity index (χ0n) is 15.9. The number of hydrogen-bond acceptors (Lipinski definition) is 2. The molecule has 0 bridgehead atoms. The Morgan fingerprint density at radius 2 is 1.75 bits per heavy atom. The van der Waals surface area contributed by atoms with Crippen LogP contribution < -0.4 is 0 Å². The van der Waals surface area contributed by atoms with Crippen LogP contribution in [-0.4, -0.2) is 11.6 Å². The first-order chi connectivity index (χ1) is 11.0. The fraction of sp³-hybridized carbons (Fsp3) is 0.409. The summed E-state index contributed by atoms with van der Waals surface area (Å²) in [6.07, 6.45) is 8.97. The standard InChI is InChI=1S/C22H32O2/c1-10-12-20(21(23)24-22(7,8)9)19(6)18(5)14-13-17(4)15-16(3)11-2/h10,12-14,16H,1,4-6,11,15H2,2-3,7-9H3/b14-13-,20-12+. The second-order valence-electron chi connectivity index (χ2n) is 7.03. The predicted molar refractivity (Wildman–Crippen MR) is 105 cm³/mol. The van der Waals surface area contributed by atoms with Gasteiger partial charge in [0.2, 0.25) is 0 Å². The summed E-state index contributed by atoms with van der Waals surface area (Å²) < 4.78 is 5.42. The van der Waals surface area contributed by atoms with Crippen LogP contribution in [-0.2, 0) is 9.53 Å². The Bertz CT molecular complexity index is 565. The molecular formula is C22H32O2. The van der Waals surface area contributed by atoms with Crippen LogP contribution in [0.25, 0.3) is 0 Å². The van der Waals surface area contributed by atoms with Crippen molar-refractivity contribution in [2.24, 2.45) is 5.92 Å². The normalized spacial score (nSPS) is 13.5. The van der Waals surface area contributed by atoms with Gasteiger partial charge in [-0.1, -0.05) is 70.4 Å². The Kier molecular flexibility index (Phi) is 9.05. The van der Waals surface area contributed by atoms with Crippen molar-refractivity contribution in [1.82, 2.24) is 0 Å². The van der Waals surface area contributed by atoms with E-state index in [-0.39, 0.29) is 0 Å². The van der Waals surface area contributed by atoms with Gasteiger partial charge in [-0.05, 0) is 50.3 Å². The molecule has 0 amide bonds. The Labute approximate surface area is 148 Å². The van der Waals surface area contributed by atoms with Gasteiger partial charge in [-0.2, -0.15) is 0 Å². The summed E-state index contributed by atoms with van der Waals surface area (Å²) >= 11 is 0. The molecule has 0 aliphatic heterocycles. The van der Waals surface area contributed by atoms with E-state index in [1.54, 1.807) is 12.2 Å². The molecule has 24 heavy (non-hydrogen) atoms. The monoisotopic (exact) mass is 328 g/mol. The maximum Gasteiger partial charge on any atom is 0.339 e. The molecule has 1 unspecified atom stereocenters. The Morgan fingerprint density at radius 1 is 1.17 bits per heavy atom. The van der Waals surface area contributed by atoms with E-state index in [1.807, 2.05) is 32.9 Å². The van der Waals surface area contributed by atoms with Crippen LogP contribution in [0.15, 0.2) is 72.9 Å². The number of hydrogen-bond donors (Lipinski definition) is 0. The van der Waals surface area contributed by atoms with E-state index in [0.29, 0.717) is 22.6 Å². The molecule has 0 N–H and O–H groups in total. The summed E-state index contributed by atoms with van der Waals surface area (Å²) in [5.41, 5.74) is 2.00. The molecular weight excluding hydrogens is 296 g/mol. The van der Waals surface area contributed by atoms with Gasteiger partial charge in [0.25, 0.3) is 0 Å². The highest BCUT2D eigenvalue weighted by molar-refractivity contribution is 5.95. The minimum absolute atomic E-state index is 0.363. The minimum atomic E-state index is -0.570. The van der Waals surface area contributed by atoms with E-state index in [9.17, 15) is 4.79 Å². The van der Waals surface area contributed by atoms with Gasteiger partial charge >= 0.3 is 5.97 Å². The number of carbonyl (C=O) groups is 1. The second-order valence-corrected chi connectivity index (χ2v) is 7.03. The van der Waals surface area contributed by atoms with Crippen molar-refractivity contribution < 1.29 is 9.53 Å². The topological polar surface area (TPSA) is 26.3 Å². The van der Waals surface area contributed by atoms with Crippen LogP contribution in [0.1, 0.15) is 47.5 Å². The first-order valence-corrected chi connectivity index (χ1v) is 8.32. The molecule has 0 aliphatic carbocycles. The molecule has 1 atom stereocenters. The molecule has 0 spiro atoms. The molecule has 0 saturated heterocycles. The molecule has 2 nitrogen and oxygen atoms in total. The lowest BCUT2D eigenvalue weighted by atomic mass is 9.96. The third-order valence-corrected chi connectivity index (χ3v) is 3.44. The van der Waals surface area contributed by atoms with E-state index < -0.39 is 11.6 Å². The van der Waals surface area contributed by atoms with Crippen molar-refractivity contribution in [3.05, 3.63) is 72.9 Å². The predicted octanol–water partition coefficient (Wildman–Crippen LogP) is 6.10. The molecule has 0 rings (SSSR count). The van der Waals surface area contributed by atoms with Gasteiger partial charge in [0.05, 0.1) is 5.57 Å². The second kappa shape index (κ2) is 9.92. The summed E-state index contributed by atoms with van der Waals surface area (Å²) in [6.45, 7) is 25.5. The first kappa shape index (κ1) is 21.9. The maximum atomic E-state index is 12.3. The van der Waals surface area contributed by atoms with Gasteiger partial charge in [0.1, 0.15) is 5.60 Å². The van der Waals surface area contributed by atoms with Gasteiger partial charge in [0, 0.05) is 0 Å². The molecule has 0 saturated carbocycles. The van der Waals surface area contributed by atoms with Gasteiger partial charge in [-0.25, -0.2) is 4.79 Å². The van der Waals surface area contributed by atoms with Crippen LogP contribution in [0.2, 0.25) is 0 Å². The zero-order valence-corrected chi connectivity index (χ0v) is 15.9. The van der Waals surface area contributed by atoms with Gasteiger partial charge < -0.3 is 4.74 Å². The Morgan fingerprint density at radius 3 is 2.21 bits per heavy atom. The fourth-order valence-electron chi connectivity index (χ4n) is 1.89. The third kappa shape index (κ3) is 8.52. The van der Waals surface area contributed by atoms with E-state index in [2.05, 4.69) is 40.2 Å². The molecule has 132 valence electrons. The fourth-order valence-corrected chi connectivity index (χ4v) is 1.89. The van der Waals surface area contributed by atoms with E-state index in [4.69, 9.17) is 4.74 Å². The lowest BCUT2D eigenvalue weighted by Crippen LogP contribution is -2.25. The van der Waals surface area contributed by atoms with Crippen molar-refractivity contribution in [2.75, 3.05) is 0 Å². The molecule has 0 aromatic heterocycles. The zero-order chi connectivity index (χ0) is 18.9. The van der Waals surface area contributed by atoms with Crippen LogP contribution in [0.4, 0.5) is 0 Å². The summed E-state index contributed by atoms with van der Waals surface area (Å²) in [7, 11) is 0. The summed E-state index contributed by atoms with van der Waals surface area (Å²) in [5, 5.41) is 0. The largest absolute Gasteiger partial charge is 0.456 e. The molecule has 0 aliphatic rings. The molecule has 0 aromatic carbocycles. The Balaban J connectivity index is 5.09. The van der Waals surface area contributed by atoms with Crippen molar-refractivity contribution in [3.8, 4) is 0 Å². The van der Waals surface area contributed by atoms with E-state index in [1.165, 1.54) is 0 Å². The first-order valence-electron chi connectivity index (χ1n) is 8.32. The number of esters is 1.